The van der Waals surface area contributed by atoms with Gasteiger partial charge in [0.2, 0.25) is 41.1 Å². The van der Waals surface area contributed by atoms with Crippen molar-refractivity contribution in [1.82, 2.24) is 86.2 Å². The molecule has 11 rings (SSSR count). The molecule has 2 aliphatic heterocycles. The lowest BCUT2D eigenvalue weighted by Gasteiger charge is -2.35. The number of nitrogen functional groups attached to an aromatic ring is 2. The first kappa shape index (κ1) is 95.2. The van der Waals surface area contributed by atoms with E-state index in [-0.39, 0.29) is 249 Å². The molecule has 129 heavy (non-hydrogen) atoms. The number of amides is 6. The third-order valence-electron chi connectivity index (χ3n) is 21.0. The molecule has 682 valence electrons. The van der Waals surface area contributed by atoms with Crippen LogP contribution < -0.4 is 70.7 Å². The van der Waals surface area contributed by atoms with E-state index in [0.29, 0.717) is 66.8 Å². The smallest absolute Gasteiger partial charge is 0.355 e. The molecule has 3 atom stereocenters. The number of hydrogen-bond donors (Lipinski definition) is 14. The highest BCUT2D eigenvalue weighted by molar-refractivity contribution is 5.98. The van der Waals surface area contributed by atoms with E-state index in [1.807, 2.05) is 35.2 Å². The van der Waals surface area contributed by atoms with Gasteiger partial charge in [-0.15, -0.1) is 0 Å². The predicted octanol–water partition coefficient (Wildman–Crippen LogP) is 2.25. The van der Waals surface area contributed by atoms with Crippen molar-refractivity contribution in [3.63, 3.8) is 0 Å². The number of Topliss-reactive ketones (excluding diaryl/α,β-unsaturated/α-hetero) is 2. The first-order chi connectivity index (χ1) is 62.2. The summed E-state index contributed by atoms with van der Waals surface area (Å²) in [5.41, 5.74) is 13.3. The van der Waals surface area contributed by atoms with Gasteiger partial charge in [-0.1, -0.05) is 25.1 Å². The van der Waals surface area contributed by atoms with Crippen LogP contribution in [0.4, 0.5) is 23.3 Å². The minimum absolute atomic E-state index is 0.0184. The summed E-state index contributed by atoms with van der Waals surface area (Å²) >= 11 is 0. The molecule has 0 saturated heterocycles. The molecule has 6 aromatic heterocycles. The van der Waals surface area contributed by atoms with Crippen LogP contribution in [-0.2, 0) is 103 Å². The number of anilines is 4. The Labute approximate surface area is 735 Å². The van der Waals surface area contributed by atoms with Crippen LogP contribution in [0.15, 0.2) is 112 Å². The number of ether oxygens (including phenoxy) is 5. The highest BCUT2D eigenvalue weighted by atomic mass is 16.6. The fourth-order valence-electron chi connectivity index (χ4n) is 14.1. The monoisotopic (exact) mass is 1780 g/mol. The number of cyclic esters (lactones) is 1. The number of aliphatic carboxylic acids is 2. The molecule has 0 aliphatic carbocycles. The van der Waals surface area contributed by atoms with Gasteiger partial charge in [-0.05, 0) is 112 Å². The first-order valence-corrected chi connectivity index (χ1v) is 42.1. The van der Waals surface area contributed by atoms with Crippen LogP contribution in [0.2, 0.25) is 0 Å². The number of fused-ring (bicyclic) bond motifs is 7. The summed E-state index contributed by atoms with van der Waals surface area (Å²) in [6, 6.07) is 20.7. The van der Waals surface area contributed by atoms with Crippen LogP contribution in [0.25, 0.3) is 44.6 Å². The Balaban J connectivity index is 0.548. The molecule has 0 saturated carbocycles. The van der Waals surface area contributed by atoms with E-state index in [9.17, 15) is 82.1 Å². The minimum Gasteiger partial charge on any atom is -0.480 e. The van der Waals surface area contributed by atoms with Gasteiger partial charge in [-0.3, -0.25) is 67.5 Å². The number of carbonyl (C=O) groups is 12. The molecule has 0 spiro atoms. The second-order valence-corrected chi connectivity index (χ2v) is 30.4. The number of aromatic amines is 2. The SMILES string of the molecule is CC[C@]1(OC(=O)CNC(=O)CCC(=O)NCCCOCCOCCOCCCN(CCC(=O)NCCCC(=O)CCC(NC(=O)c2ccc(NCc3cnc4c(=O)[nH]c(N)nc4n3)cc2)C(=O)O)CCC(=O)NCCCC(=O)CCC(NC(=O)c2ccc(NCc3cnc4c(=O)[nH]c(N)nc4n3)cc2)C(=O)O)C(=O)OCc2c1cc1n(c2=O)Cc2cc3ccccc3nc2-1. The first-order valence-electron chi connectivity index (χ1n) is 42.1. The van der Waals surface area contributed by atoms with Crippen LogP contribution in [0.3, 0.4) is 0 Å². The lowest BCUT2D eigenvalue weighted by Crippen LogP contribution is -2.48. The molecule has 43 nitrogen and oxygen atoms in total. The molecule has 16 N–H and O–H groups in total. The number of nitrogens with two attached hydrogens (primary N) is 2. The lowest BCUT2D eigenvalue weighted by molar-refractivity contribution is -0.189. The maximum Gasteiger partial charge on any atom is 0.355 e. The van der Waals surface area contributed by atoms with Crippen LogP contribution in [-0.4, -0.2) is 233 Å². The Kier molecular flexibility index (Phi) is 34.4. The van der Waals surface area contributed by atoms with Crippen molar-refractivity contribution in [2.24, 2.45) is 0 Å². The van der Waals surface area contributed by atoms with Crippen molar-refractivity contribution in [3.05, 3.63) is 168 Å². The quantitative estimate of drug-likeness (QED) is 0.0192. The lowest BCUT2D eigenvalue weighted by atomic mass is 9.85. The number of H-pyrrole nitrogens is 2. The number of pyridine rings is 2. The normalized spacial score (nSPS) is 13.6. The van der Waals surface area contributed by atoms with Gasteiger partial charge in [0, 0.05) is 143 Å². The molecule has 43 heteroatoms. The van der Waals surface area contributed by atoms with Gasteiger partial charge >= 0.3 is 23.9 Å². The summed E-state index contributed by atoms with van der Waals surface area (Å²) in [5.74, 6) is -8.31. The van der Waals surface area contributed by atoms with Crippen molar-refractivity contribution >= 4 is 127 Å². The average molecular weight is 1780 g/mol. The number of nitrogens with one attached hydrogen (secondary N) is 10. The minimum atomic E-state index is -1.97. The fourth-order valence-corrected chi connectivity index (χ4v) is 14.1. The van der Waals surface area contributed by atoms with Gasteiger partial charge < -0.3 is 97.4 Å². The van der Waals surface area contributed by atoms with Crippen molar-refractivity contribution < 1.29 is 91.4 Å². The summed E-state index contributed by atoms with van der Waals surface area (Å²) < 4.78 is 29.9. The largest absolute Gasteiger partial charge is 0.480 e. The van der Waals surface area contributed by atoms with Gasteiger partial charge in [-0.25, -0.2) is 39.3 Å². The Bertz CT molecular complexity index is 5570. The third kappa shape index (κ3) is 27.5. The van der Waals surface area contributed by atoms with Crippen LogP contribution >= 0.6 is 0 Å². The summed E-state index contributed by atoms with van der Waals surface area (Å²) in [6.07, 6.45) is 3.14. The average Bonchev–Trinajstić information content (AvgIpc) is 1.58. The van der Waals surface area contributed by atoms with Crippen molar-refractivity contribution in [2.75, 3.05) is 108 Å². The van der Waals surface area contributed by atoms with E-state index < -0.39 is 88.4 Å². The summed E-state index contributed by atoms with van der Waals surface area (Å²) in [4.78, 5) is 229. The maximum absolute atomic E-state index is 13.9. The number of carboxylic acid groups (broad SMARTS) is 2. The number of esters is 2. The van der Waals surface area contributed by atoms with Gasteiger partial charge in [-0.2, -0.15) is 9.97 Å². The number of hydrogen-bond acceptors (Lipinski definition) is 32. The summed E-state index contributed by atoms with van der Waals surface area (Å²) in [6.45, 7) is 4.29. The highest BCUT2D eigenvalue weighted by Crippen LogP contribution is 2.41. The van der Waals surface area contributed by atoms with E-state index in [1.54, 1.807) is 41.8 Å². The number of carbonyl (C=O) groups excluding carboxylic acids is 10. The second-order valence-electron chi connectivity index (χ2n) is 30.4. The van der Waals surface area contributed by atoms with E-state index in [1.165, 1.54) is 36.7 Å². The summed E-state index contributed by atoms with van der Waals surface area (Å²) in [5, 5.41) is 42.7. The molecule has 6 amide bonds. The molecular formula is C86H101N21O22. The van der Waals surface area contributed by atoms with Gasteiger partial charge in [0.15, 0.2) is 22.3 Å². The molecule has 9 aromatic rings. The Morgan fingerprint density at radius 1 is 0.558 bits per heavy atom. The zero-order valence-corrected chi connectivity index (χ0v) is 70.8. The number of benzene rings is 3. The van der Waals surface area contributed by atoms with Crippen LogP contribution in [0.1, 0.15) is 152 Å². The van der Waals surface area contributed by atoms with E-state index in [2.05, 4.69) is 82.4 Å². The van der Waals surface area contributed by atoms with Gasteiger partial charge in [0.1, 0.15) is 36.8 Å². The third-order valence-corrected chi connectivity index (χ3v) is 21.0. The highest BCUT2D eigenvalue weighted by Gasteiger charge is 2.50. The zero-order chi connectivity index (χ0) is 91.9. The van der Waals surface area contributed by atoms with Crippen LogP contribution in [0, 0.1) is 0 Å². The topological polar surface area (TPSA) is 621 Å². The zero-order valence-electron chi connectivity index (χ0n) is 70.8. The van der Waals surface area contributed by atoms with E-state index in [0.717, 1.165) is 16.5 Å². The fraction of sp³-hybridized carbons (Fsp3) is 0.419. The predicted molar refractivity (Wildman–Crippen MR) is 464 cm³/mol. The molecule has 0 radical (unpaired) electrons. The van der Waals surface area contributed by atoms with Gasteiger partial charge in [0.05, 0.1) is 92.3 Å². The molecule has 2 unspecified atom stereocenters. The number of para-hydroxylation sites is 1. The number of carboxylic acids is 2. The number of rotatable bonds is 53. The number of ketones is 2. The van der Waals surface area contributed by atoms with Crippen molar-refractivity contribution in [2.45, 2.75) is 147 Å². The standard InChI is InChI=1S/C86H101N21O22/c1-2-86(61-42-65-71-53(41-52-9-3-4-12-62(52)99-71)48-107(65)80(119)60(61)49-128-83(86)124)129-70(114)47-94-67(111)26-25-66(110)91-31-7-35-125-37-39-127-40-38-126-36-8-32-106(33-27-68(112)89-29-5-10-58(108)21-23-63(81(120)121)100-76(115)50-13-17-54(18-14-50)92-43-56-45-95-72-74(97-56)102-84(87)104-78(72)117)34-28-69(113)90-30-6-11-59(109)22-24-64(82(122)123)101-77(116)51-15-19-55(20-16-51)93-44-57-46-96-73-75(98-57)103-85(88)105-79(73)118/h3-4,9,12-20,41-42,45-46,63-64,92-93H,2,5-8,10-11,21-40,43-44,47-49H2,1H3,(H,89,112)(H,90,113)(H,91,110)(H,94,111)(H,100,115)(H,101,116)(H,120,121)(H,122,123)(H3,87,97,102,104,117)(H3,88,98,103,105,118)/t63?,64?,86-/m1/s1. The molecule has 0 fully saturated rings. The molecular weight excluding hydrogens is 1680 g/mol. The molecule has 2 aliphatic rings. The number of nitrogens with zero attached hydrogens (tertiary/aromatic N) is 9. The Morgan fingerprint density at radius 3 is 1.57 bits per heavy atom. The molecule has 0 bridgehead atoms. The summed E-state index contributed by atoms with van der Waals surface area (Å²) in [7, 11) is 0. The van der Waals surface area contributed by atoms with Gasteiger partial charge in [0.25, 0.3) is 28.5 Å². The Morgan fingerprint density at radius 2 is 1.05 bits per heavy atom. The molecule has 8 heterocycles. The maximum atomic E-state index is 13.9. The van der Waals surface area contributed by atoms with Crippen molar-refractivity contribution in [1.29, 1.82) is 0 Å². The van der Waals surface area contributed by atoms with Crippen LogP contribution in [0.5, 0.6) is 0 Å². The van der Waals surface area contributed by atoms with Crippen molar-refractivity contribution in [3.8, 4) is 11.4 Å². The van der Waals surface area contributed by atoms with E-state index >= 15 is 0 Å². The Hall–Kier alpha value is -14.5. The van der Waals surface area contributed by atoms with E-state index in [4.69, 9.17) is 40.1 Å². The second kappa shape index (κ2) is 46.7. The number of aromatic nitrogens is 10. The molecule has 3 aromatic carbocycles.